The standard InChI is InChI=1S/C18H19N3.C2H2O4/c1-20-9-4-7-17-16-6-3-2-5-15(16)8-10-21-13-14(12-19)11-18(17)21;3-1(4)2(5)6/h2-3,5-7,11,13,20H,4,8-10H2,1H3;(H,3,4)(H,5,6). The summed E-state index contributed by atoms with van der Waals surface area (Å²) in [6, 6.07) is 12.9. The predicted octanol–water partition coefficient (Wildman–Crippen LogP) is 2.11. The smallest absolute Gasteiger partial charge is 0.414 e. The van der Waals surface area contributed by atoms with Gasteiger partial charge in [0.25, 0.3) is 0 Å². The quantitative estimate of drug-likeness (QED) is 0.565. The second-order valence-corrected chi connectivity index (χ2v) is 5.95. The Labute approximate surface area is 157 Å². The molecule has 2 aromatic rings. The Morgan fingerprint density at radius 1 is 1.30 bits per heavy atom. The highest BCUT2D eigenvalue weighted by atomic mass is 16.4. The summed E-state index contributed by atoms with van der Waals surface area (Å²) in [7, 11) is 1.97. The minimum Gasteiger partial charge on any atom is -0.473 e. The first-order valence-corrected chi connectivity index (χ1v) is 8.47. The topological polar surface area (TPSA) is 115 Å². The Hall–Kier alpha value is -3.37. The number of carboxylic acids is 2. The minimum absolute atomic E-state index is 0.740. The molecule has 1 aromatic carbocycles. The van der Waals surface area contributed by atoms with Gasteiger partial charge >= 0.3 is 11.9 Å². The van der Waals surface area contributed by atoms with Crippen LogP contribution in [0.2, 0.25) is 0 Å². The summed E-state index contributed by atoms with van der Waals surface area (Å²) >= 11 is 0. The lowest BCUT2D eigenvalue weighted by Crippen LogP contribution is -2.09. The monoisotopic (exact) mass is 367 g/mol. The summed E-state index contributed by atoms with van der Waals surface area (Å²) < 4.78 is 2.21. The molecule has 0 saturated heterocycles. The van der Waals surface area contributed by atoms with Gasteiger partial charge in [0, 0.05) is 24.0 Å². The largest absolute Gasteiger partial charge is 0.473 e. The van der Waals surface area contributed by atoms with E-state index in [0.29, 0.717) is 0 Å². The molecule has 1 aliphatic rings. The van der Waals surface area contributed by atoms with Gasteiger partial charge in [-0.25, -0.2) is 9.59 Å². The zero-order valence-corrected chi connectivity index (χ0v) is 15.0. The van der Waals surface area contributed by atoms with Gasteiger partial charge in [0.2, 0.25) is 0 Å². The highest BCUT2D eigenvalue weighted by Gasteiger charge is 2.18. The van der Waals surface area contributed by atoms with E-state index in [0.717, 1.165) is 37.2 Å². The maximum Gasteiger partial charge on any atom is 0.414 e. The predicted molar refractivity (Wildman–Crippen MR) is 100 cm³/mol. The van der Waals surface area contributed by atoms with Crippen LogP contribution in [0.25, 0.3) is 5.57 Å². The Kier molecular flexibility index (Phi) is 6.92. The van der Waals surface area contributed by atoms with Crippen molar-refractivity contribution in [3.05, 3.63) is 65.0 Å². The molecule has 7 nitrogen and oxygen atoms in total. The normalized spacial score (nSPS) is 13.4. The molecule has 0 bridgehead atoms. The molecule has 1 aromatic heterocycles. The van der Waals surface area contributed by atoms with E-state index in [9.17, 15) is 0 Å². The molecule has 7 heteroatoms. The second-order valence-electron chi connectivity index (χ2n) is 5.95. The number of nitriles is 1. The molecular weight excluding hydrogens is 346 g/mol. The highest BCUT2D eigenvalue weighted by Crippen LogP contribution is 2.31. The van der Waals surface area contributed by atoms with Gasteiger partial charge in [0.15, 0.2) is 0 Å². The van der Waals surface area contributed by atoms with Crippen LogP contribution in [0.5, 0.6) is 0 Å². The fraction of sp³-hybridized carbons (Fsp3) is 0.250. The zero-order valence-electron chi connectivity index (χ0n) is 15.0. The number of aromatic nitrogens is 1. The maximum atomic E-state index is 9.16. The van der Waals surface area contributed by atoms with E-state index in [4.69, 9.17) is 25.1 Å². The summed E-state index contributed by atoms with van der Waals surface area (Å²) in [4.78, 5) is 18.2. The summed E-state index contributed by atoms with van der Waals surface area (Å²) in [6.45, 7) is 1.88. The van der Waals surface area contributed by atoms with Gasteiger partial charge in [-0.05, 0) is 43.6 Å². The van der Waals surface area contributed by atoms with E-state index < -0.39 is 11.9 Å². The maximum absolute atomic E-state index is 9.16. The van der Waals surface area contributed by atoms with Crippen LogP contribution in [0.3, 0.4) is 0 Å². The average Bonchev–Trinajstić information content (AvgIpc) is 3.01. The summed E-state index contributed by atoms with van der Waals surface area (Å²) in [6.07, 6.45) is 6.24. The number of hydrogen-bond acceptors (Lipinski definition) is 4. The minimum atomic E-state index is -1.82. The summed E-state index contributed by atoms with van der Waals surface area (Å²) in [5, 5.41) is 27.1. The van der Waals surface area contributed by atoms with Crippen LogP contribution in [-0.2, 0) is 22.6 Å². The van der Waals surface area contributed by atoms with Crippen LogP contribution in [0.1, 0.15) is 28.8 Å². The molecule has 1 aliphatic heterocycles. The van der Waals surface area contributed by atoms with Crippen molar-refractivity contribution in [2.24, 2.45) is 0 Å². The van der Waals surface area contributed by atoms with Gasteiger partial charge in [-0.3, -0.25) is 0 Å². The van der Waals surface area contributed by atoms with E-state index in [1.165, 1.54) is 16.7 Å². The molecule has 0 fully saturated rings. The first-order chi connectivity index (χ1) is 13.0. The lowest BCUT2D eigenvalue weighted by atomic mass is 9.96. The number of benzene rings is 1. The van der Waals surface area contributed by atoms with Crippen molar-refractivity contribution in [2.75, 3.05) is 13.6 Å². The number of aryl methyl sites for hydroxylation is 2. The Bertz CT molecular complexity index is 894. The van der Waals surface area contributed by atoms with Crippen molar-refractivity contribution in [3.8, 4) is 6.07 Å². The Balaban J connectivity index is 0.000000380. The molecule has 0 spiro atoms. The van der Waals surface area contributed by atoms with Crippen LogP contribution >= 0.6 is 0 Å². The number of hydrogen-bond donors (Lipinski definition) is 3. The molecule has 2 heterocycles. The van der Waals surface area contributed by atoms with Crippen LogP contribution < -0.4 is 5.32 Å². The third kappa shape index (κ3) is 5.06. The molecule has 0 unspecified atom stereocenters. The number of aliphatic carboxylic acids is 2. The SMILES string of the molecule is CNCCC=C1c2ccccc2CCn2cc(C#N)cc21.O=C(O)C(=O)O. The number of fused-ring (bicyclic) bond motifs is 2. The zero-order chi connectivity index (χ0) is 19.8. The molecule has 0 amide bonds. The Morgan fingerprint density at radius 3 is 2.63 bits per heavy atom. The molecule has 0 saturated carbocycles. The molecule has 140 valence electrons. The molecule has 3 N–H and O–H groups in total. The van der Waals surface area contributed by atoms with Crippen molar-refractivity contribution < 1.29 is 19.8 Å². The van der Waals surface area contributed by atoms with Gasteiger partial charge in [0.05, 0.1) is 5.56 Å². The van der Waals surface area contributed by atoms with E-state index in [-0.39, 0.29) is 0 Å². The molecule has 0 radical (unpaired) electrons. The number of rotatable bonds is 3. The van der Waals surface area contributed by atoms with Crippen LogP contribution in [-0.4, -0.2) is 40.3 Å². The first kappa shape index (κ1) is 19.9. The van der Waals surface area contributed by atoms with Gasteiger partial charge in [0.1, 0.15) is 6.07 Å². The Morgan fingerprint density at radius 2 is 2.00 bits per heavy atom. The molecule has 0 atom stereocenters. The second kappa shape index (κ2) is 9.36. The third-order valence-corrected chi connectivity index (χ3v) is 4.16. The van der Waals surface area contributed by atoms with Crippen molar-refractivity contribution >= 4 is 17.5 Å². The van der Waals surface area contributed by atoms with E-state index >= 15 is 0 Å². The average molecular weight is 367 g/mol. The van der Waals surface area contributed by atoms with Crippen molar-refractivity contribution in [1.29, 1.82) is 5.26 Å². The van der Waals surface area contributed by atoms with Crippen LogP contribution in [0.4, 0.5) is 0 Å². The summed E-state index contributed by atoms with van der Waals surface area (Å²) in [5.41, 5.74) is 5.83. The van der Waals surface area contributed by atoms with Crippen molar-refractivity contribution in [3.63, 3.8) is 0 Å². The van der Waals surface area contributed by atoms with E-state index in [1.54, 1.807) is 0 Å². The van der Waals surface area contributed by atoms with Gasteiger partial charge in [-0.15, -0.1) is 0 Å². The molecule has 27 heavy (non-hydrogen) atoms. The first-order valence-electron chi connectivity index (χ1n) is 8.47. The lowest BCUT2D eigenvalue weighted by Gasteiger charge is -2.10. The highest BCUT2D eigenvalue weighted by molar-refractivity contribution is 6.27. The molecule has 3 rings (SSSR count). The lowest BCUT2D eigenvalue weighted by molar-refractivity contribution is -0.159. The van der Waals surface area contributed by atoms with Crippen molar-refractivity contribution in [1.82, 2.24) is 9.88 Å². The van der Waals surface area contributed by atoms with E-state index in [1.807, 2.05) is 19.3 Å². The van der Waals surface area contributed by atoms with E-state index in [2.05, 4.69) is 46.3 Å². The number of nitrogens with one attached hydrogen (secondary N) is 1. The fourth-order valence-corrected chi connectivity index (χ4v) is 2.94. The number of carbonyl (C=O) groups is 2. The van der Waals surface area contributed by atoms with Gasteiger partial charge < -0.3 is 20.1 Å². The van der Waals surface area contributed by atoms with Crippen molar-refractivity contribution in [2.45, 2.75) is 19.4 Å². The number of carboxylic acid groups (broad SMARTS) is 2. The third-order valence-electron chi connectivity index (χ3n) is 4.16. The van der Waals surface area contributed by atoms with Crippen LogP contribution in [0.15, 0.2) is 42.6 Å². The molecule has 0 aliphatic carbocycles. The summed E-state index contributed by atoms with van der Waals surface area (Å²) in [5.74, 6) is -3.65. The van der Waals surface area contributed by atoms with Gasteiger partial charge in [-0.1, -0.05) is 30.3 Å². The number of nitrogens with zero attached hydrogens (tertiary/aromatic N) is 2. The van der Waals surface area contributed by atoms with Crippen LogP contribution in [0, 0.1) is 11.3 Å². The fourth-order valence-electron chi connectivity index (χ4n) is 2.94. The molecular formula is C20H21N3O4. The van der Waals surface area contributed by atoms with Gasteiger partial charge in [-0.2, -0.15) is 5.26 Å².